The summed E-state index contributed by atoms with van der Waals surface area (Å²) in [5.74, 6) is -0.0798. The molecule has 0 N–H and O–H groups in total. The van der Waals surface area contributed by atoms with Gasteiger partial charge in [-0.05, 0) is 12.5 Å². The number of carbonyl (C=O) groups is 1. The van der Waals surface area contributed by atoms with E-state index >= 15 is 0 Å². The van der Waals surface area contributed by atoms with Gasteiger partial charge >= 0.3 is 0 Å². The summed E-state index contributed by atoms with van der Waals surface area (Å²) in [7, 11) is 0. The molecule has 0 amide bonds. The summed E-state index contributed by atoms with van der Waals surface area (Å²) in [4.78, 5) is 23.0. The lowest BCUT2D eigenvalue weighted by atomic mass is 9.77. The minimum Gasteiger partial charge on any atom is -0.294 e. The fourth-order valence-electron chi connectivity index (χ4n) is 2.46. The number of rotatable bonds is 6. The van der Waals surface area contributed by atoms with Gasteiger partial charge in [0.25, 0.3) is 0 Å². The summed E-state index contributed by atoms with van der Waals surface area (Å²) >= 11 is 0. The Morgan fingerprint density at radius 1 is 1.05 bits per heavy atom. The van der Waals surface area contributed by atoms with Gasteiger partial charge in [0.1, 0.15) is 0 Å². The number of carbonyl (C=O) groups excluding carboxylic acids is 1. The van der Waals surface area contributed by atoms with Gasteiger partial charge in [-0.3, -0.25) is 14.9 Å². The van der Waals surface area contributed by atoms with E-state index in [4.69, 9.17) is 0 Å². The maximum absolute atomic E-state index is 12.4. The van der Waals surface area contributed by atoms with Gasteiger partial charge in [-0.25, -0.2) is 0 Å². The molecular weight excluding hydrogens is 266 g/mol. The van der Waals surface area contributed by atoms with E-state index in [1.54, 1.807) is 31.2 Å². The van der Waals surface area contributed by atoms with Crippen LogP contribution in [-0.4, -0.2) is 17.3 Å². The predicted octanol–water partition coefficient (Wildman–Crippen LogP) is 3.49. The number of hydrogen-bond acceptors (Lipinski definition) is 3. The van der Waals surface area contributed by atoms with E-state index in [9.17, 15) is 14.9 Å². The lowest BCUT2D eigenvalue weighted by Crippen LogP contribution is -2.33. The molecule has 0 aromatic heterocycles. The minimum atomic E-state index is -0.808. The molecule has 0 aliphatic carbocycles. The van der Waals surface area contributed by atoms with Crippen molar-refractivity contribution in [2.45, 2.75) is 18.8 Å². The second kappa shape index (κ2) is 6.31. The maximum Gasteiger partial charge on any atom is 0.213 e. The fourth-order valence-corrected chi connectivity index (χ4v) is 2.46. The van der Waals surface area contributed by atoms with Crippen molar-refractivity contribution in [2.24, 2.45) is 0 Å². The molecule has 2 rings (SSSR count). The number of ketones is 1. The number of nitrogens with zero attached hydrogens (tertiary/aromatic N) is 1. The Kier molecular flexibility index (Phi) is 4.48. The summed E-state index contributed by atoms with van der Waals surface area (Å²) in [6, 6.07) is 18.1. The third-order valence-corrected chi connectivity index (χ3v) is 3.60. The van der Waals surface area contributed by atoms with Crippen LogP contribution in [0.4, 0.5) is 0 Å². The van der Waals surface area contributed by atoms with E-state index in [2.05, 4.69) is 0 Å². The van der Waals surface area contributed by atoms with Crippen LogP contribution in [0.3, 0.4) is 0 Å². The van der Waals surface area contributed by atoms with Crippen molar-refractivity contribution in [1.29, 1.82) is 0 Å². The molecule has 0 bridgehead atoms. The highest BCUT2D eigenvalue weighted by molar-refractivity contribution is 5.96. The molecule has 0 spiro atoms. The first-order chi connectivity index (χ1) is 10.0. The third-order valence-electron chi connectivity index (χ3n) is 3.60. The number of benzene rings is 2. The molecular formula is C17H17NO3. The Morgan fingerprint density at radius 2 is 1.57 bits per heavy atom. The fraction of sp³-hybridized carbons (Fsp3) is 0.235. The van der Waals surface area contributed by atoms with Crippen LogP contribution in [0.25, 0.3) is 0 Å². The first-order valence-electron chi connectivity index (χ1n) is 6.77. The Balaban J connectivity index is 2.29. The summed E-state index contributed by atoms with van der Waals surface area (Å²) in [5, 5.41) is 11.0. The van der Waals surface area contributed by atoms with Gasteiger partial charge in [0.15, 0.2) is 5.78 Å². The quantitative estimate of drug-likeness (QED) is 0.463. The van der Waals surface area contributed by atoms with Crippen molar-refractivity contribution in [3.63, 3.8) is 0 Å². The highest BCUT2D eigenvalue weighted by Crippen LogP contribution is 2.29. The van der Waals surface area contributed by atoms with Crippen LogP contribution in [-0.2, 0) is 5.41 Å². The van der Waals surface area contributed by atoms with Crippen LogP contribution < -0.4 is 0 Å². The molecule has 1 atom stereocenters. The molecule has 0 radical (unpaired) electrons. The molecule has 0 saturated carbocycles. The van der Waals surface area contributed by atoms with Crippen LogP contribution in [0.15, 0.2) is 60.7 Å². The van der Waals surface area contributed by atoms with Crippen LogP contribution in [0.5, 0.6) is 0 Å². The molecule has 108 valence electrons. The monoisotopic (exact) mass is 283 g/mol. The van der Waals surface area contributed by atoms with E-state index in [1.807, 2.05) is 36.4 Å². The highest BCUT2D eigenvalue weighted by Gasteiger charge is 2.35. The molecule has 0 aliphatic heterocycles. The second-order valence-corrected chi connectivity index (χ2v) is 5.38. The molecule has 0 aliphatic rings. The summed E-state index contributed by atoms with van der Waals surface area (Å²) < 4.78 is 0. The normalized spacial score (nSPS) is 13.4. The average molecular weight is 283 g/mol. The molecule has 21 heavy (non-hydrogen) atoms. The van der Waals surface area contributed by atoms with E-state index in [1.165, 1.54) is 0 Å². The number of hydrogen-bond donors (Lipinski definition) is 0. The van der Waals surface area contributed by atoms with E-state index in [0.29, 0.717) is 5.56 Å². The van der Waals surface area contributed by atoms with Crippen LogP contribution in [0.2, 0.25) is 0 Å². The molecule has 0 fully saturated rings. The first kappa shape index (κ1) is 14.9. The molecule has 2 aromatic carbocycles. The van der Waals surface area contributed by atoms with Gasteiger partial charge in [0.2, 0.25) is 6.54 Å². The summed E-state index contributed by atoms with van der Waals surface area (Å²) in [5.41, 5.74) is 0.589. The van der Waals surface area contributed by atoms with Crippen molar-refractivity contribution in [2.75, 3.05) is 6.54 Å². The zero-order chi connectivity index (χ0) is 15.3. The predicted molar refractivity (Wildman–Crippen MR) is 81.0 cm³/mol. The highest BCUT2D eigenvalue weighted by atomic mass is 16.6. The molecule has 4 nitrogen and oxygen atoms in total. The maximum atomic E-state index is 12.4. The molecule has 4 heteroatoms. The van der Waals surface area contributed by atoms with Crippen molar-refractivity contribution in [3.05, 3.63) is 81.9 Å². The van der Waals surface area contributed by atoms with Crippen molar-refractivity contribution < 1.29 is 9.72 Å². The summed E-state index contributed by atoms with van der Waals surface area (Å²) in [6.07, 6.45) is 0.113. The molecule has 1 unspecified atom stereocenters. The van der Waals surface area contributed by atoms with Crippen molar-refractivity contribution >= 4 is 5.78 Å². The van der Waals surface area contributed by atoms with E-state index < -0.39 is 5.41 Å². The van der Waals surface area contributed by atoms with Gasteiger partial charge in [-0.1, -0.05) is 60.7 Å². The molecule has 0 saturated heterocycles. The Hall–Kier alpha value is -2.49. The lowest BCUT2D eigenvalue weighted by molar-refractivity contribution is -0.490. The van der Waals surface area contributed by atoms with Gasteiger partial charge < -0.3 is 0 Å². The minimum absolute atomic E-state index is 0.0798. The Morgan fingerprint density at radius 3 is 2.10 bits per heavy atom. The largest absolute Gasteiger partial charge is 0.294 e. The van der Waals surface area contributed by atoms with Crippen LogP contribution in [0.1, 0.15) is 29.3 Å². The Labute approximate surface area is 123 Å². The molecule has 2 aromatic rings. The smallest absolute Gasteiger partial charge is 0.213 e. The zero-order valence-corrected chi connectivity index (χ0v) is 11.9. The zero-order valence-electron chi connectivity index (χ0n) is 11.9. The number of nitro groups is 1. The average Bonchev–Trinajstić information content (AvgIpc) is 2.48. The van der Waals surface area contributed by atoms with E-state index in [-0.39, 0.29) is 23.7 Å². The van der Waals surface area contributed by atoms with Gasteiger partial charge in [-0.2, -0.15) is 0 Å². The second-order valence-electron chi connectivity index (χ2n) is 5.38. The van der Waals surface area contributed by atoms with Gasteiger partial charge in [-0.15, -0.1) is 0 Å². The van der Waals surface area contributed by atoms with Crippen molar-refractivity contribution in [1.82, 2.24) is 0 Å². The SMILES string of the molecule is CC(CC(=O)c1ccccc1)(C[N+](=O)[O-])c1ccccc1. The third kappa shape index (κ3) is 3.75. The standard InChI is InChI=1S/C17H17NO3/c1-17(13-18(20)21,15-10-6-3-7-11-15)12-16(19)14-8-4-2-5-9-14/h2-11H,12-13H2,1H3. The first-order valence-corrected chi connectivity index (χ1v) is 6.77. The van der Waals surface area contributed by atoms with Crippen LogP contribution in [0, 0.1) is 10.1 Å². The number of Topliss-reactive ketones (excluding diaryl/α,β-unsaturated/α-hetero) is 1. The molecule has 0 heterocycles. The van der Waals surface area contributed by atoms with Crippen LogP contribution >= 0.6 is 0 Å². The topological polar surface area (TPSA) is 60.2 Å². The lowest BCUT2D eigenvalue weighted by Gasteiger charge is -2.25. The van der Waals surface area contributed by atoms with E-state index in [0.717, 1.165) is 5.56 Å². The van der Waals surface area contributed by atoms with Crippen molar-refractivity contribution in [3.8, 4) is 0 Å². The van der Waals surface area contributed by atoms with Gasteiger partial charge in [0.05, 0.1) is 5.41 Å². The Bertz CT molecular complexity index is 625. The summed E-state index contributed by atoms with van der Waals surface area (Å²) in [6.45, 7) is 1.50. The van der Waals surface area contributed by atoms with Gasteiger partial charge in [0, 0.05) is 16.9 Å².